The van der Waals surface area contributed by atoms with E-state index in [0.29, 0.717) is 11.1 Å². The SMILES string of the molecule is N[C@@H]1CCCC[C@H]1N=Cc1cccc(C(=O)O)c1[O-].N[C@@H]1CCCC[C@H]1N=Cc1cccc(C(=O)O)c1[O-].[Fe+4]. The predicted octanol–water partition coefficient (Wildman–Crippen LogP) is 2.29. The molecule has 0 saturated heterocycles. The van der Waals surface area contributed by atoms with Gasteiger partial charge in [0.2, 0.25) is 0 Å². The Morgan fingerprint density at radius 2 is 1.08 bits per heavy atom. The maximum atomic E-state index is 11.9. The summed E-state index contributed by atoms with van der Waals surface area (Å²) in [5.74, 6) is -3.42. The molecule has 2 aliphatic rings. The number of aliphatic imine (C=N–C) groups is 2. The molecule has 0 spiro atoms. The van der Waals surface area contributed by atoms with E-state index in [2.05, 4.69) is 9.98 Å². The van der Waals surface area contributed by atoms with Gasteiger partial charge in [0.1, 0.15) is 0 Å². The zero-order valence-electron chi connectivity index (χ0n) is 21.5. The zero-order chi connectivity index (χ0) is 27.7. The summed E-state index contributed by atoms with van der Waals surface area (Å²) in [5.41, 5.74) is 12.1. The average Bonchev–Trinajstić information content (AvgIpc) is 2.89. The fourth-order valence-electron chi connectivity index (χ4n) is 4.65. The first kappa shape index (κ1) is 32.0. The summed E-state index contributed by atoms with van der Waals surface area (Å²) in [6, 6.07) is 8.97. The third-order valence-corrected chi connectivity index (χ3v) is 6.93. The van der Waals surface area contributed by atoms with E-state index in [-0.39, 0.29) is 52.4 Å². The van der Waals surface area contributed by atoms with Gasteiger partial charge in [0.25, 0.3) is 0 Å². The molecule has 10 nitrogen and oxygen atoms in total. The second-order valence-corrected chi connectivity index (χ2v) is 9.65. The number of carbonyl (C=O) groups is 2. The minimum atomic E-state index is -1.21. The third-order valence-electron chi connectivity index (χ3n) is 6.93. The Hall–Kier alpha value is -3.24. The van der Waals surface area contributed by atoms with Crippen LogP contribution >= 0.6 is 0 Å². The van der Waals surface area contributed by atoms with Crippen LogP contribution in [0, 0.1) is 0 Å². The van der Waals surface area contributed by atoms with Crippen molar-refractivity contribution in [2.45, 2.75) is 75.5 Å². The number of benzene rings is 2. The Morgan fingerprint density at radius 1 is 0.718 bits per heavy atom. The smallest absolute Gasteiger partial charge is 0.871 e. The van der Waals surface area contributed by atoms with E-state index in [0.717, 1.165) is 51.4 Å². The molecule has 0 aromatic heterocycles. The number of hydrogen-bond acceptors (Lipinski definition) is 8. The van der Waals surface area contributed by atoms with Crippen molar-refractivity contribution in [1.29, 1.82) is 0 Å². The van der Waals surface area contributed by atoms with Crippen molar-refractivity contribution in [2.24, 2.45) is 21.5 Å². The molecule has 0 aliphatic heterocycles. The summed E-state index contributed by atoms with van der Waals surface area (Å²) in [5, 5.41) is 41.5. The van der Waals surface area contributed by atoms with Crippen molar-refractivity contribution in [3.05, 3.63) is 58.7 Å². The molecule has 2 aliphatic carbocycles. The molecule has 4 atom stereocenters. The standard InChI is InChI=1S/2C14H18N2O3.Fe/c2*15-11-6-1-2-7-12(11)16-8-9-4-3-5-10(13(9)17)14(18)19;/h2*3-5,8,11-12,17H,1-2,6-7,15H2,(H,18,19);/q;;+4/p-2/t2*11-,12-;/m11./s1. The van der Waals surface area contributed by atoms with Crippen LogP contribution in [0.3, 0.4) is 0 Å². The van der Waals surface area contributed by atoms with Crippen LogP contribution in [0.15, 0.2) is 46.4 Å². The monoisotopic (exact) mass is 578 g/mol. The van der Waals surface area contributed by atoms with E-state index < -0.39 is 23.4 Å². The normalized spacial score (nSPS) is 23.0. The van der Waals surface area contributed by atoms with Crippen LogP contribution in [0.5, 0.6) is 11.5 Å². The summed E-state index contributed by atoms with van der Waals surface area (Å²) in [6.07, 6.45) is 11.1. The van der Waals surface area contributed by atoms with Gasteiger partial charge in [-0.25, -0.2) is 9.59 Å². The Bertz CT molecular complexity index is 1100. The van der Waals surface area contributed by atoms with Gasteiger partial charge in [0, 0.05) is 24.5 Å². The first-order valence-corrected chi connectivity index (χ1v) is 12.8. The van der Waals surface area contributed by atoms with E-state index in [1.165, 1.54) is 24.6 Å². The van der Waals surface area contributed by atoms with Gasteiger partial charge in [-0.15, -0.1) is 0 Å². The maximum Gasteiger partial charge on any atom is 4.00 e. The zero-order valence-corrected chi connectivity index (χ0v) is 22.6. The average molecular weight is 578 g/mol. The van der Waals surface area contributed by atoms with E-state index >= 15 is 0 Å². The van der Waals surface area contributed by atoms with Crippen LogP contribution in [0.1, 0.15) is 83.2 Å². The number of carboxylic acid groups (broad SMARTS) is 2. The number of carboxylic acids is 2. The molecule has 0 unspecified atom stereocenters. The summed E-state index contributed by atoms with van der Waals surface area (Å²) in [6.45, 7) is 0. The molecule has 4 rings (SSSR count). The molecule has 0 amide bonds. The topological polar surface area (TPSA) is 197 Å². The first-order valence-electron chi connectivity index (χ1n) is 12.8. The third kappa shape index (κ3) is 8.89. The van der Waals surface area contributed by atoms with E-state index in [1.807, 2.05) is 0 Å². The largest absolute Gasteiger partial charge is 4.00 e. The van der Waals surface area contributed by atoms with Crippen molar-refractivity contribution >= 4 is 24.4 Å². The molecule has 0 radical (unpaired) electrons. The molecular weight excluding hydrogens is 544 g/mol. The van der Waals surface area contributed by atoms with Gasteiger partial charge in [0.05, 0.1) is 23.2 Å². The van der Waals surface area contributed by atoms with E-state index in [9.17, 15) is 19.8 Å². The van der Waals surface area contributed by atoms with E-state index in [1.54, 1.807) is 24.3 Å². The van der Waals surface area contributed by atoms with Crippen molar-refractivity contribution in [2.75, 3.05) is 0 Å². The Labute approximate surface area is 238 Å². The van der Waals surface area contributed by atoms with Gasteiger partial charge in [-0.3, -0.25) is 9.98 Å². The van der Waals surface area contributed by atoms with Gasteiger partial charge in [0.15, 0.2) is 0 Å². The molecule has 2 aromatic rings. The summed E-state index contributed by atoms with van der Waals surface area (Å²) in [7, 11) is 0. The van der Waals surface area contributed by atoms with Crippen molar-refractivity contribution < 1.29 is 47.1 Å². The second-order valence-electron chi connectivity index (χ2n) is 9.65. The van der Waals surface area contributed by atoms with Crippen molar-refractivity contribution in [3.63, 3.8) is 0 Å². The van der Waals surface area contributed by atoms with Crippen molar-refractivity contribution in [3.8, 4) is 11.5 Å². The summed E-state index contributed by atoms with van der Waals surface area (Å²) >= 11 is 0. The Morgan fingerprint density at radius 3 is 1.41 bits per heavy atom. The number of nitrogens with zero attached hydrogens (tertiary/aromatic N) is 2. The maximum absolute atomic E-state index is 11.9. The molecule has 208 valence electrons. The number of para-hydroxylation sites is 2. The minimum absolute atomic E-state index is 0. The molecule has 2 fully saturated rings. The fraction of sp³-hybridized carbons (Fsp3) is 0.429. The fourth-order valence-corrected chi connectivity index (χ4v) is 4.65. The van der Waals surface area contributed by atoms with Crippen LogP contribution in [-0.4, -0.2) is 58.7 Å². The Balaban J connectivity index is 0.000000267. The van der Waals surface area contributed by atoms with Crippen LogP contribution in [0.25, 0.3) is 0 Å². The molecule has 0 heterocycles. The Kier molecular flexibility index (Phi) is 12.6. The van der Waals surface area contributed by atoms with Crippen LogP contribution in [0.4, 0.5) is 0 Å². The number of aromatic carboxylic acids is 2. The van der Waals surface area contributed by atoms with Gasteiger partial charge in [-0.05, 0) is 48.9 Å². The summed E-state index contributed by atoms with van der Waals surface area (Å²) < 4.78 is 0. The molecule has 0 bridgehead atoms. The van der Waals surface area contributed by atoms with Crippen LogP contribution in [-0.2, 0) is 17.1 Å². The molecule has 2 saturated carbocycles. The number of rotatable bonds is 6. The number of nitrogens with two attached hydrogens (primary N) is 2. The molecule has 2 aromatic carbocycles. The van der Waals surface area contributed by atoms with Gasteiger partial charge in [-0.1, -0.05) is 61.4 Å². The van der Waals surface area contributed by atoms with Crippen molar-refractivity contribution in [1.82, 2.24) is 0 Å². The number of hydrogen-bond donors (Lipinski definition) is 4. The molecule has 6 N–H and O–H groups in total. The van der Waals surface area contributed by atoms with E-state index in [4.69, 9.17) is 21.7 Å². The summed E-state index contributed by atoms with van der Waals surface area (Å²) in [4.78, 5) is 30.4. The van der Waals surface area contributed by atoms with Gasteiger partial charge in [-0.2, -0.15) is 0 Å². The minimum Gasteiger partial charge on any atom is -0.871 e. The molecule has 11 heteroatoms. The molecular formula is C28H34FeN4O6+2. The van der Waals surface area contributed by atoms with Gasteiger partial charge >= 0.3 is 29.0 Å². The second kappa shape index (κ2) is 15.4. The first-order chi connectivity index (χ1) is 18.2. The van der Waals surface area contributed by atoms with Crippen LogP contribution < -0.4 is 21.7 Å². The van der Waals surface area contributed by atoms with Crippen LogP contribution in [0.2, 0.25) is 0 Å². The quantitative estimate of drug-likeness (QED) is 0.296. The predicted molar refractivity (Wildman–Crippen MR) is 141 cm³/mol. The van der Waals surface area contributed by atoms with Gasteiger partial charge < -0.3 is 31.9 Å². The molecule has 39 heavy (non-hydrogen) atoms.